The number of phenolic OH excluding ortho intramolecular Hbond substituents is 2. The van der Waals surface area contributed by atoms with Crippen molar-refractivity contribution in [2.45, 2.75) is 38.1 Å². The quantitative estimate of drug-likeness (QED) is 0.826. The fraction of sp³-hybridized carbons (Fsp3) is 0.533. The molecule has 5 heteroatoms. The summed E-state index contributed by atoms with van der Waals surface area (Å²) in [4.78, 5) is 14.5. The summed E-state index contributed by atoms with van der Waals surface area (Å²) < 4.78 is 0. The van der Waals surface area contributed by atoms with E-state index in [1.54, 1.807) is 0 Å². The Hall–Kier alpha value is -1.23. The van der Waals surface area contributed by atoms with Crippen LogP contribution in [0.2, 0.25) is 0 Å². The molecule has 1 amide bonds. The van der Waals surface area contributed by atoms with Gasteiger partial charge in [0.1, 0.15) is 11.5 Å². The van der Waals surface area contributed by atoms with Crippen LogP contribution in [0.15, 0.2) is 18.2 Å². The Kier molecular flexibility index (Phi) is 5.29. The maximum absolute atomic E-state index is 12.6. The highest BCUT2D eigenvalue weighted by molar-refractivity contribution is 9.09. The van der Waals surface area contributed by atoms with Crippen LogP contribution in [-0.2, 0) is 0 Å². The van der Waals surface area contributed by atoms with Crippen molar-refractivity contribution in [3.8, 4) is 11.5 Å². The molecule has 0 spiro atoms. The summed E-state index contributed by atoms with van der Waals surface area (Å²) in [6.07, 6.45) is 5.61. The number of phenols is 2. The van der Waals surface area contributed by atoms with E-state index in [2.05, 4.69) is 15.9 Å². The third kappa shape index (κ3) is 3.66. The number of alkyl halides is 1. The van der Waals surface area contributed by atoms with E-state index in [0.29, 0.717) is 12.1 Å². The van der Waals surface area contributed by atoms with Crippen LogP contribution in [0, 0.1) is 0 Å². The van der Waals surface area contributed by atoms with Gasteiger partial charge in [0.25, 0.3) is 5.91 Å². The summed E-state index contributed by atoms with van der Waals surface area (Å²) >= 11 is 3.39. The third-order valence-electron chi connectivity index (χ3n) is 3.75. The summed E-state index contributed by atoms with van der Waals surface area (Å²) in [5.74, 6) is -0.297. The van der Waals surface area contributed by atoms with Crippen molar-refractivity contribution in [2.24, 2.45) is 0 Å². The number of benzene rings is 1. The second kappa shape index (κ2) is 6.97. The first kappa shape index (κ1) is 15.2. The van der Waals surface area contributed by atoms with E-state index < -0.39 is 0 Å². The molecule has 1 fully saturated rings. The van der Waals surface area contributed by atoms with Crippen molar-refractivity contribution >= 4 is 21.8 Å². The van der Waals surface area contributed by atoms with E-state index >= 15 is 0 Å². The van der Waals surface area contributed by atoms with E-state index in [1.165, 1.54) is 24.6 Å². The predicted octanol–water partition coefficient (Wildman–Crippen LogP) is 3.27. The molecule has 1 aliphatic carbocycles. The van der Waals surface area contributed by atoms with E-state index in [4.69, 9.17) is 0 Å². The molecule has 20 heavy (non-hydrogen) atoms. The van der Waals surface area contributed by atoms with Crippen LogP contribution in [0.3, 0.4) is 0 Å². The number of carbonyl (C=O) groups excluding carboxylic acids is 1. The number of rotatable bonds is 4. The molecule has 0 aliphatic heterocycles. The Bertz CT molecular complexity index is 452. The maximum Gasteiger partial charge on any atom is 0.254 e. The van der Waals surface area contributed by atoms with Crippen LogP contribution < -0.4 is 0 Å². The van der Waals surface area contributed by atoms with Crippen LogP contribution in [0.4, 0.5) is 0 Å². The fourth-order valence-electron chi connectivity index (χ4n) is 2.82. The second-order valence-electron chi connectivity index (χ2n) is 5.22. The smallest absolute Gasteiger partial charge is 0.254 e. The zero-order valence-electron chi connectivity index (χ0n) is 11.4. The second-order valence-corrected chi connectivity index (χ2v) is 6.01. The molecule has 0 atom stereocenters. The molecule has 0 saturated heterocycles. The Labute approximate surface area is 127 Å². The van der Waals surface area contributed by atoms with Gasteiger partial charge in [0.2, 0.25) is 0 Å². The Balaban J connectivity index is 2.20. The molecule has 4 nitrogen and oxygen atoms in total. The topological polar surface area (TPSA) is 60.8 Å². The predicted molar refractivity (Wildman–Crippen MR) is 81.5 cm³/mol. The monoisotopic (exact) mass is 341 g/mol. The molecule has 1 saturated carbocycles. The lowest BCUT2D eigenvalue weighted by Crippen LogP contribution is -2.42. The fourth-order valence-corrected chi connectivity index (χ4v) is 3.20. The maximum atomic E-state index is 12.6. The zero-order valence-corrected chi connectivity index (χ0v) is 13.0. The highest BCUT2D eigenvalue weighted by atomic mass is 79.9. The van der Waals surface area contributed by atoms with Crippen LogP contribution in [0.5, 0.6) is 11.5 Å². The largest absolute Gasteiger partial charge is 0.508 e. The van der Waals surface area contributed by atoms with Gasteiger partial charge in [0.05, 0.1) is 0 Å². The van der Waals surface area contributed by atoms with Crippen molar-refractivity contribution < 1.29 is 15.0 Å². The number of aromatic hydroxyl groups is 2. The van der Waals surface area contributed by atoms with E-state index in [1.807, 2.05) is 4.90 Å². The Morgan fingerprint density at radius 2 is 1.75 bits per heavy atom. The van der Waals surface area contributed by atoms with Gasteiger partial charge < -0.3 is 15.1 Å². The lowest BCUT2D eigenvalue weighted by molar-refractivity contribution is 0.0650. The summed E-state index contributed by atoms with van der Waals surface area (Å²) in [6, 6.07) is 4.31. The van der Waals surface area contributed by atoms with Crippen molar-refractivity contribution in [1.29, 1.82) is 0 Å². The molecule has 1 aromatic carbocycles. The van der Waals surface area contributed by atoms with Crippen molar-refractivity contribution in [2.75, 3.05) is 11.9 Å². The number of amides is 1. The van der Waals surface area contributed by atoms with Gasteiger partial charge in [-0.15, -0.1) is 0 Å². The molecule has 0 bridgehead atoms. The van der Waals surface area contributed by atoms with E-state index in [-0.39, 0.29) is 23.4 Å². The molecule has 0 heterocycles. The number of hydrogen-bond donors (Lipinski definition) is 2. The molecule has 0 radical (unpaired) electrons. The summed E-state index contributed by atoms with van der Waals surface area (Å²) in [5.41, 5.74) is 0.342. The summed E-state index contributed by atoms with van der Waals surface area (Å²) in [6.45, 7) is 0.639. The average Bonchev–Trinajstić information content (AvgIpc) is 2.44. The summed E-state index contributed by atoms with van der Waals surface area (Å²) in [7, 11) is 0. The van der Waals surface area contributed by atoms with Gasteiger partial charge in [-0.25, -0.2) is 0 Å². The van der Waals surface area contributed by atoms with Crippen LogP contribution in [0.1, 0.15) is 42.5 Å². The first-order valence-corrected chi connectivity index (χ1v) is 8.14. The van der Waals surface area contributed by atoms with Crippen LogP contribution in [-0.4, -0.2) is 38.9 Å². The molecule has 2 N–H and O–H groups in total. The van der Waals surface area contributed by atoms with Crippen molar-refractivity contribution in [1.82, 2.24) is 4.90 Å². The van der Waals surface area contributed by atoms with Gasteiger partial charge in [-0.05, 0) is 25.0 Å². The van der Waals surface area contributed by atoms with Crippen molar-refractivity contribution in [3.63, 3.8) is 0 Å². The van der Waals surface area contributed by atoms with E-state index in [0.717, 1.165) is 31.0 Å². The molecular formula is C15H20BrNO3. The number of hydrogen-bond acceptors (Lipinski definition) is 3. The van der Waals surface area contributed by atoms with E-state index in [9.17, 15) is 15.0 Å². The van der Waals surface area contributed by atoms with Gasteiger partial charge in [-0.1, -0.05) is 35.2 Å². The molecule has 2 rings (SSSR count). The zero-order chi connectivity index (χ0) is 14.5. The van der Waals surface area contributed by atoms with Crippen LogP contribution in [0.25, 0.3) is 0 Å². The van der Waals surface area contributed by atoms with Crippen molar-refractivity contribution in [3.05, 3.63) is 23.8 Å². The minimum absolute atomic E-state index is 0.0872. The molecule has 1 aromatic rings. The van der Waals surface area contributed by atoms with Gasteiger partial charge in [-0.2, -0.15) is 0 Å². The number of halogens is 1. The first-order valence-electron chi connectivity index (χ1n) is 7.02. The molecular weight excluding hydrogens is 322 g/mol. The van der Waals surface area contributed by atoms with Gasteiger partial charge >= 0.3 is 0 Å². The normalized spacial score (nSPS) is 16.1. The third-order valence-corrected chi connectivity index (χ3v) is 4.11. The lowest BCUT2D eigenvalue weighted by Gasteiger charge is -2.34. The number of nitrogens with zero attached hydrogens (tertiary/aromatic N) is 1. The lowest BCUT2D eigenvalue weighted by atomic mass is 9.93. The molecule has 1 aliphatic rings. The average molecular weight is 342 g/mol. The minimum atomic E-state index is -0.123. The van der Waals surface area contributed by atoms with Gasteiger partial charge in [-0.3, -0.25) is 4.79 Å². The minimum Gasteiger partial charge on any atom is -0.508 e. The molecule has 0 aromatic heterocycles. The summed E-state index contributed by atoms with van der Waals surface area (Å²) in [5, 5.41) is 19.8. The SMILES string of the molecule is O=C(c1cc(O)cc(O)c1)N(CCBr)C1CCCCC1. The van der Waals surface area contributed by atoms with Gasteiger partial charge in [0, 0.05) is 29.5 Å². The Morgan fingerprint density at radius 3 is 2.30 bits per heavy atom. The van der Waals surface area contributed by atoms with Gasteiger partial charge in [0.15, 0.2) is 0 Å². The number of carbonyl (C=O) groups is 1. The van der Waals surface area contributed by atoms with Crippen LogP contribution >= 0.6 is 15.9 Å². The highest BCUT2D eigenvalue weighted by Crippen LogP contribution is 2.26. The Morgan fingerprint density at radius 1 is 1.15 bits per heavy atom. The molecule has 0 unspecified atom stereocenters. The first-order chi connectivity index (χ1) is 9.61. The standard InChI is InChI=1S/C15H20BrNO3/c16-6-7-17(12-4-2-1-3-5-12)15(20)11-8-13(18)10-14(19)9-11/h8-10,12,18-19H,1-7H2. The molecule has 110 valence electrons. The highest BCUT2D eigenvalue weighted by Gasteiger charge is 2.26.